The molecule has 1 aromatic heterocycles. The molecule has 0 radical (unpaired) electrons. The van der Waals surface area contributed by atoms with Crippen molar-refractivity contribution >= 4 is 16.6 Å². The van der Waals surface area contributed by atoms with E-state index in [9.17, 15) is 0 Å². The van der Waals surface area contributed by atoms with Gasteiger partial charge in [0, 0.05) is 22.6 Å². The van der Waals surface area contributed by atoms with Crippen molar-refractivity contribution < 1.29 is 0 Å². The Kier molecular flexibility index (Phi) is 3.05. The molecule has 0 spiro atoms. The van der Waals surface area contributed by atoms with Crippen molar-refractivity contribution in [1.82, 2.24) is 9.88 Å². The monoisotopic (exact) mass is 326 g/mol. The van der Waals surface area contributed by atoms with Gasteiger partial charge in [-0.1, -0.05) is 43.9 Å². The minimum atomic E-state index is 0.458. The summed E-state index contributed by atoms with van der Waals surface area (Å²) in [6, 6.07) is 10.7. The zero-order chi connectivity index (χ0) is 17.1. The van der Waals surface area contributed by atoms with Gasteiger partial charge < -0.3 is 4.90 Å². The molecule has 2 aromatic rings. The lowest BCUT2D eigenvalue weighted by Crippen LogP contribution is -2.25. The fourth-order valence-electron chi connectivity index (χ4n) is 4.62. The van der Waals surface area contributed by atoms with E-state index in [1.54, 1.807) is 0 Å². The Morgan fingerprint density at radius 2 is 2.04 bits per heavy atom. The lowest BCUT2D eigenvalue weighted by Gasteiger charge is -2.37. The van der Waals surface area contributed by atoms with Gasteiger partial charge in [-0.3, -0.25) is 0 Å². The normalized spacial score (nSPS) is 22.0. The molecular formula is C23H22N2. The van der Waals surface area contributed by atoms with Crippen LogP contribution < -0.4 is 0 Å². The second-order valence-electron chi connectivity index (χ2n) is 7.30. The fourth-order valence-corrected chi connectivity index (χ4v) is 4.62. The van der Waals surface area contributed by atoms with Gasteiger partial charge in [-0.25, -0.2) is 4.98 Å². The van der Waals surface area contributed by atoms with Gasteiger partial charge in [0.2, 0.25) is 0 Å². The lowest BCUT2D eigenvalue weighted by atomic mass is 9.75. The van der Waals surface area contributed by atoms with Crippen LogP contribution in [-0.4, -0.2) is 9.88 Å². The van der Waals surface area contributed by atoms with E-state index in [0.717, 1.165) is 37.0 Å². The van der Waals surface area contributed by atoms with E-state index in [4.69, 9.17) is 4.98 Å². The first-order valence-corrected chi connectivity index (χ1v) is 9.15. The number of fused-ring (bicyclic) bond motifs is 4. The van der Waals surface area contributed by atoms with Gasteiger partial charge in [0.05, 0.1) is 23.5 Å². The summed E-state index contributed by atoms with van der Waals surface area (Å²) in [5, 5.41) is 1.21. The van der Waals surface area contributed by atoms with E-state index in [1.165, 1.54) is 39.1 Å². The number of pyridine rings is 1. The Morgan fingerprint density at radius 1 is 1.20 bits per heavy atom. The second kappa shape index (κ2) is 5.19. The van der Waals surface area contributed by atoms with Crippen LogP contribution in [0.3, 0.4) is 0 Å². The Hall–Kier alpha value is -2.61. The summed E-state index contributed by atoms with van der Waals surface area (Å²) in [5.41, 5.74) is 10.1. The number of aromatic nitrogens is 1. The second-order valence-corrected chi connectivity index (χ2v) is 7.30. The van der Waals surface area contributed by atoms with E-state index < -0.39 is 0 Å². The van der Waals surface area contributed by atoms with Crippen LogP contribution in [0.15, 0.2) is 72.0 Å². The number of para-hydroxylation sites is 1. The van der Waals surface area contributed by atoms with E-state index in [0.29, 0.717) is 5.92 Å². The topological polar surface area (TPSA) is 16.1 Å². The molecule has 0 N–H and O–H groups in total. The van der Waals surface area contributed by atoms with E-state index in [-0.39, 0.29) is 0 Å². The highest BCUT2D eigenvalue weighted by Gasteiger charge is 2.36. The van der Waals surface area contributed by atoms with Gasteiger partial charge in [-0.15, -0.1) is 0 Å². The van der Waals surface area contributed by atoms with Gasteiger partial charge in [-0.2, -0.15) is 0 Å². The maximum Gasteiger partial charge on any atom is 0.0924 e. The molecule has 1 unspecified atom stereocenters. The molecule has 2 nitrogen and oxygen atoms in total. The van der Waals surface area contributed by atoms with Gasteiger partial charge in [0.1, 0.15) is 0 Å². The molecular weight excluding hydrogens is 304 g/mol. The Morgan fingerprint density at radius 3 is 2.88 bits per heavy atom. The highest BCUT2D eigenvalue weighted by atomic mass is 15.2. The molecule has 2 heteroatoms. The van der Waals surface area contributed by atoms with E-state index in [1.807, 2.05) is 0 Å². The van der Waals surface area contributed by atoms with Crippen LogP contribution in [0.5, 0.6) is 0 Å². The van der Waals surface area contributed by atoms with Crippen LogP contribution >= 0.6 is 0 Å². The first kappa shape index (κ1) is 14.7. The van der Waals surface area contributed by atoms with Crippen molar-refractivity contribution in [3.05, 3.63) is 83.2 Å². The summed E-state index contributed by atoms with van der Waals surface area (Å²) < 4.78 is 0. The van der Waals surface area contributed by atoms with Crippen LogP contribution in [0.4, 0.5) is 0 Å². The quantitative estimate of drug-likeness (QED) is 0.635. The number of hydrogen-bond acceptors (Lipinski definition) is 2. The summed E-state index contributed by atoms with van der Waals surface area (Å²) in [5.74, 6) is 0.458. The van der Waals surface area contributed by atoms with E-state index in [2.05, 4.69) is 61.4 Å². The standard InChI is InChI=1S/C23H22N2/c1-4-18-14(2)9-10-19-15(3)25-13-17-11-16-7-5-6-8-21(16)24-23(17)22(25)12-20(18)19/h5-8,11-12,18H,2-4,9-10,13H2,1H3. The number of hydrogen-bond donors (Lipinski definition) is 0. The molecule has 3 heterocycles. The number of benzene rings is 1. The van der Waals surface area contributed by atoms with Crippen molar-refractivity contribution in [1.29, 1.82) is 0 Å². The summed E-state index contributed by atoms with van der Waals surface area (Å²) in [7, 11) is 0. The zero-order valence-corrected chi connectivity index (χ0v) is 14.7. The third-order valence-electron chi connectivity index (χ3n) is 5.95. The number of allylic oxidation sites excluding steroid dienone is 4. The molecule has 1 aromatic carbocycles. The average Bonchev–Trinajstić information content (AvgIpc) is 2.98. The molecule has 2 aliphatic heterocycles. The Bertz CT molecular complexity index is 1010. The van der Waals surface area contributed by atoms with Crippen LogP contribution in [0.2, 0.25) is 0 Å². The van der Waals surface area contributed by atoms with Gasteiger partial charge >= 0.3 is 0 Å². The first-order chi connectivity index (χ1) is 12.2. The zero-order valence-electron chi connectivity index (χ0n) is 14.7. The first-order valence-electron chi connectivity index (χ1n) is 9.15. The Labute approximate surface area is 148 Å². The predicted molar refractivity (Wildman–Crippen MR) is 104 cm³/mol. The molecule has 0 saturated carbocycles. The minimum absolute atomic E-state index is 0.458. The smallest absolute Gasteiger partial charge is 0.0924 e. The summed E-state index contributed by atoms with van der Waals surface area (Å²) in [4.78, 5) is 7.34. The summed E-state index contributed by atoms with van der Waals surface area (Å²) in [6.45, 7) is 11.9. The van der Waals surface area contributed by atoms with Gasteiger partial charge in [0.15, 0.2) is 0 Å². The summed E-state index contributed by atoms with van der Waals surface area (Å²) in [6.07, 6.45) is 5.63. The van der Waals surface area contributed by atoms with Crippen LogP contribution in [0, 0.1) is 5.92 Å². The minimum Gasteiger partial charge on any atom is -0.335 e. The van der Waals surface area contributed by atoms with Gasteiger partial charge in [-0.05, 0) is 48.6 Å². The maximum atomic E-state index is 4.99. The molecule has 25 heavy (non-hydrogen) atoms. The SMILES string of the molecule is C=C1CCC2=C(C=C3c4nc5ccccc5cc4CN3C2=C)C1CC. The van der Waals surface area contributed by atoms with Crippen molar-refractivity contribution in [3.63, 3.8) is 0 Å². The molecule has 0 fully saturated rings. The van der Waals surface area contributed by atoms with Crippen molar-refractivity contribution in [3.8, 4) is 0 Å². The average molecular weight is 326 g/mol. The number of rotatable bonds is 1. The number of nitrogens with zero attached hydrogens (tertiary/aromatic N) is 2. The molecule has 5 rings (SSSR count). The molecule has 1 atom stereocenters. The lowest BCUT2D eigenvalue weighted by molar-refractivity contribution is 0.490. The van der Waals surface area contributed by atoms with Crippen molar-refractivity contribution in [2.24, 2.45) is 5.92 Å². The maximum absolute atomic E-state index is 4.99. The van der Waals surface area contributed by atoms with Crippen LogP contribution in [0.25, 0.3) is 16.6 Å². The molecule has 0 bridgehead atoms. The largest absolute Gasteiger partial charge is 0.335 e. The third kappa shape index (κ3) is 2.00. The van der Waals surface area contributed by atoms with Crippen LogP contribution in [0.1, 0.15) is 37.4 Å². The molecule has 0 amide bonds. The summed E-state index contributed by atoms with van der Waals surface area (Å²) >= 11 is 0. The third-order valence-corrected chi connectivity index (χ3v) is 5.95. The highest BCUT2D eigenvalue weighted by Crippen LogP contribution is 2.48. The molecule has 0 saturated heterocycles. The van der Waals surface area contributed by atoms with Crippen molar-refractivity contribution in [2.75, 3.05) is 0 Å². The van der Waals surface area contributed by atoms with E-state index >= 15 is 0 Å². The van der Waals surface area contributed by atoms with Crippen molar-refractivity contribution in [2.45, 2.75) is 32.7 Å². The molecule has 1 aliphatic carbocycles. The molecule has 124 valence electrons. The molecule has 3 aliphatic rings. The Balaban J connectivity index is 1.71. The highest BCUT2D eigenvalue weighted by molar-refractivity contribution is 5.85. The van der Waals surface area contributed by atoms with Gasteiger partial charge in [0.25, 0.3) is 0 Å². The fraction of sp³-hybridized carbons (Fsp3) is 0.261. The predicted octanol–water partition coefficient (Wildman–Crippen LogP) is 5.59. The van der Waals surface area contributed by atoms with Crippen LogP contribution in [-0.2, 0) is 6.54 Å².